The van der Waals surface area contributed by atoms with Gasteiger partial charge in [0.15, 0.2) is 0 Å². The normalized spacial score (nSPS) is 18.9. The van der Waals surface area contributed by atoms with Crippen molar-refractivity contribution in [3.05, 3.63) is 220 Å². The molecule has 2 atom stereocenters. The van der Waals surface area contributed by atoms with Crippen LogP contribution >= 0.6 is 0 Å². The molecule has 0 radical (unpaired) electrons. The molecule has 2 aliphatic carbocycles. The molecule has 14 rings (SSSR count). The Morgan fingerprint density at radius 2 is 0.865 bits per heavy atom. The highest BCUT2D eigenvalue weighted by Gasteiger charge is 2.62. The van der Waals surface area contributed by atoms with Gasteiger partial charge in [-0.3, -0.25) is 0 Å². The van der Waals surface area contributed by atoms with Crippen molar-refractivity contribution < 1.29 is 0 Å². The van der Waals surface area contributed by atoms with Gasteiger partial charge < -0.3 is 14.7 Å². The van der Waals surface area contributed by atoms with E-state index in [1.807, 2.05) is 0 Å². The molecule has 0 N–H and O–H groups in total. The van der Waals surface area contributed by atoms with Crippen molar-refractivity contribution in [2.45, 2.75) is 201 Å². The Morgan fingerprint density at radius 1 is 0.382 bits per heavy atom. The molecule has 0 spiro atoms. The lowest BCUT2D eigenvalue weighted by molar-refractivity contribution is 0.195. The van der Waals surface area contributed by atoms with Crippen LogP contribution < -0.4 is 31.1 Å². The lowest BCUT2D eigenvalue weighted by atomic mass is 9.32. The molecule has 1 fully saturated rings. The van der Waals surface area contributed by atoms with Crippen molar-refractivity contribution in [2.24, 2.45) is 0 Å². The molecule has 4 heteroatoms. The third-order valence-corrected chi connectivity index (χ3v) is 22.2. The van der Waals surface area contributed by atoms with Gasteiger partial charge in [-0.25, -0.2) is 0 Å². The summed E-state index contributed by atoms with van der Waals surface area (Å²) in [6.45, 7) is 45.7. The standard InChI is InChI=1S/C85H94BN3/c1-78(2,3)55-32-37-60(38-33-55)87(61-39-34-56(35-40-61)79(4,5)6)62-51-71-74-72(52-62)89-77-68(84(18)44-26-27-45-85(84,89)19)49-59(82(13,14)15)50-69(77)86(74)75-70(43-42-66-73(75)63-41-36-57(80(7,8)9)48-67(63)83(66,16)17)88(71)76-64(53-28-22-20-23-29-53)46-58(81(10,11)12)47-65(76)54-30-24-21-25-31-54/h20-25,28-43,46-52H,26-27,44-45H2,1-19H3. The fraction of sp³-hybridized carbons (Fsp3) is 0.365. The van der Waals surface area contributed by atoms with Crippen LogP contribution in [0.4, 0.5) is 45.5 Å². The van der Waals surface area contributed by atoms with E-state index in [2.05, 4.69) is 322 Å². The zero-order valence-corrected chi connectivity index (χ0v) is 57.0. The van der Waals surface area contributed by atoms with E-state index in [1.54, 1.807) is 0 Å². The molecule has 9 aromatic rings. The predicted molar refractivity (Wildman–Crippen MR) is 385 cm³/mol. The summed E-state index contributed by atoms with van der Waals surface area (Å²) in [5.74, 6) is 0. The minimum Gasteiger partial charge on any atom is -0.335 e. The van der Waals surface area contributed by atoms with Crippen LogP contribution in [0.1, 0.15) is 202 Å². The first kappa shape index (κ1) is 59.1. The second-order valence-electron chi connectivity index (χ2n) is 33.4. The lowest BCUT2D eigenvalue weighted by Gasteiger charge is -2.53. The van der Waals surface area contributed by atoms with Crippen LogP contribution in [0.2, 0.25) is 0 Å². The molecule has 0 saturated heterocycles. The Hall–Kier alpha value is -7.56. The second-order valence-corrected chi connectivity index (χ2v) is 33.4. The summed E-state index contributed by atoms with van der Waals surface area (Å²) in [4.78, 5) is 8.36. The average Bonchev–Trinajstić information content (AvgIpc) is 1.56. The van der Waals surface area contributed by atoms with Crippen LogP contribution in [0.5, 0.6) is 0 Å². The van der Waals surface area contributed by atoms with E-state index in [4.69, 9.17) is 0 Å². The van der Waals surface area contributed by atoms with E-state index in [0.717, 1.165) is 29.9 Å². The lowest BCUT2D eigenvalue weighted by Crippen LogP contribution is -2.65. The molecule has 3 heterocycles. The van der Waals surface area contributed by atoms with Gasteiger partial charge >= 0.3 is 0 Å². The molecule has 89 heavy (non-hydrogen) atoms. The monoisotopic (exact) mass is 1170 g/mol. The van der Waals surface area contributed by atoms with Crippen molar-refractivity contribution >= 4 is 68.6 Å². The van der Waals surface area contributed by atoms with Gasteiger partial charge in [-0.1, -0.05) is 259 Å². The highest BCUT2D eigenvalue weighted by molar-refractivity contribution is 7.01. The number of nitrogens with zero attached hydrogens (tertiary/aromatic N) is 3. The van der Waals surface area contributed by atoms with Crippen molar-refractivity contribution in [3.63, 3.8) is 0 Å². The Morgan fingerprint density at radius 3 is 1.39 bits per heavy atom. The largest absolute Gasteiger partial charge is 0.335 e. The number of benzene rings is 9. The maximum absolute atomic E-state index is 2.96. The third kappa shape index (κ3) is 9.01. The van der Waals surface area contributed by atoms with Crippen LogP contribution in [0.25, 0.3) is 33.4 Å². The summed E-state index contributed by atoms with van der Waals surface area (Å²) in [5, 5.41) is 0. The van der Waals surface area contributed by atoms with Gasteiger partial charge in [0, 0.05) is 56.1 Å². The maximum atomic E-state index is 2.96. The molecule has 3 aliphatic heterocycles. The van der Waals surface area contributed by atoms with E-state index < -0.39 is 0 Å². The summed E-state index contributed by atoms with van der Waals surface area (Å²) < 4.78 is 0. The third-order valence-electron chi connectivity index (χ3n) is 22.2. The van der Waals surface area contributed by atoms with Crippen molar-refractivity contribution in [3.8, 4) is 33.4 Å². The van der Waals surface area contributed by atoms with E-state index in [-0.39, 0.29) is 50.2 Å². The zero-order chi connectivity index (χ0) is 63.1. The van der Waals surface area contributed by atoms with Crippen molar-refractivity contribution in [1.82, 2.24) is 0 Å². The van der Waals surface area contributed by atoms with Gasteiger partial charge in [0.25, 0.3) is 6.71 Å². The summed E-state index contributed by atoms with van der Waals surface area (Å²) in [7, 11) is 0. The molecule has 5 aliphatic rings. The van der Waals surface area contributed by atoms with Crippen LogP contribution in [0.15, 0.2) is 176 Å². The summed E-state index contributed by atoms with van der Waals surface area (Å²) in [5.41, 5.74) is 32.1. The van der Waals surface area contributed by atoms with Crippen LogP contribution in [0, 0.1) is 0 Å². The van der Waals surface area contributed by atoms with Gasteiger partial charge in [-0.2, -0.15) is 0 Å². The first-order valence-electron chi connectivity index (χ1n) is 33.4. The van der Waals surface area contributed by atoms with Gasteiger partial charge in [0.05, 0.1) is 16.9 Å². The Kier molecular flexibility index (Phi) is 13.1. The molecular formula is C85H94BN3. The van der Waals surface area contributed by atoms with Crippen LogP contribution in [0.3, 0.4) is 0 Å². The van der Waals surface area contributed by atoms with Crippen LogP contribution in [-0.4, -0.2) is 12.3 Å². The quantitative estimate of drug-likeness (QED) is 0.154. The highest BCUT2D eigenvalue weighted by Crippen LogP contribution is 2.64. The Bertz CT molecular complexity index is 4200. The van der Waals surface area contributed by atoms with Crippen molar-refractivity contribution in [2.75, 3.05) is 14.7 Å². The fourth-order valence-electron chi connectivity index (χ4n) is 16.6. The second kappa shape index (κ2) is 19.7. The molecule has 0 bridgehead atoms. The number of fused-ring (bicyclic) bond motifs is 11. The van der Waals surface area contributed by atoms with Crippen molar-refractivity contribution in [1.29, 1.82) is 0 Å². The van der Waals surface area contributed by atoms with E-state index in [1.165, 1.54) is 136 Å². The molecule has 9 aromatic carbocycles. The summed E-state index contributed by atoms with van der Waals surface area (Å²) in [6.07, 6.45) is 4.67. The van der Waals surface area contributed by atoms with E-state index in [9.17, 15) is 0 Å². The topological polar surface area (TPSA) is 9.72 Å². The van der Waals surface area contributed by atoms with E-state index >= 15 is 0 Å². The van der Waals surface area contributed by atoms with E-state index in [0.29, 0.717) is 0 Å². The molecule has 3 nitrogen and oxygen atoms in total. The van der Waals surface area contributed by atoms with Gasteiger partial charge in [0.2, 0.25) is 0 Å². The SMILES string of the molecule is CC(C)(C)c1ccc(N(c2ccc(C(C)(C)C)cc2)c2cc3c4c(c2)N2c5c(cc(C(C)(C)C)cc5C5(C)CCCCC25C)B4c2c(ccc4c2-c2ccc(C(C)(C)C)cc2C4(C)C)N3c2c(-c3ccccc3)cc(C(C)(C)C)cc2-c2ccccc2)cc1. The minimum absolute atomic E-state index is 0.00729. The zero-order valence-electron chi connectivity index (χ0n) is 57.0. The molecule has 0 aromatic heterocycles. The molecule has 452 valence electrons. The molecular weight excluding hydrogens is 1070 g/mol. The summed E-state index contributed by atoms with van der Waals surface area (Å²) >= 11 is 0. The Labute approximate surface area is 534 Å². The minimum atomic E-state index is -0.255. The smallest absolute Gasteiger partial charge is 0.252 e. The first-order valence-corrected chi connectivity index (χ1v) is 33.4. The highest BCUT2D eigenvalue weighted by atomic mass is 15.3. The predicted octanol–water partition coefficient (Wildman–Crippen LogP) is 21.6. The van der Waals surface area contributed by atoms with Gasteiger partial charge in [-0.15, -0.1) is 0 Å². The Balaban J connectivity index is 1.20. The molecule has 1 saturated carbocycles. The number of hydrogen-bond donors (Lipinski definition) is 0. The number of hydrogen-bond acceptors (Lipinski definition) is 3. The summed E-state index contributed by atoms with van der Waals surface area (Å²) in [6, 6.07) is 70.1. The number of anilines is 8. The maximum Gasteiger partial charge on any atom is 0.252 e. The first-order chi connectivity index (χ1) is 41.8. The average molecular weight is 1170 g/mol. The molecule has 2 unspecified atom stereocenters. The van der Waals surface area contributed by atoms with Crippen LogP contribution in [-0.2, 0) is 37.9 Å². The fourth-order valence-corrected chi connectivity index (χ4v) is 16.6. The number of rotatable bonds is 6. The van der Waals surface area contributed by atoms with Gasteiger partial charge in [0.1, 0.15) is 0 Å². The molecule has 0 amide bonds. The van der Waals surface area contributed by atoms with Gasteiger partial charge in [-0.05, 0) is 185 Å².